The zero-order valence-corrected chi connectivity index (χ0v) is 14.3. The van der Waals surface area contributed by atoms with E-state index in [4.69, 9.17) is 10.5 Å². The number of hydrogen-bond donors (Lipinski definition) is 2. The van der Waals surface area contributed by atoms with Crippen LogP contribution in [-0.2, 0) is 14.3 Å². The van der Waals surface area contributed by atoms with Gasteiger partial charge in [-0.3, -0.25) is 14.4 Å². The van der Waals surface area contributed by atoms with Crippen LogP contribution in [0.25, 0.3) is 0 Å². The average Bonchev–Trinajstić information content (AvgIpc) is 3.00. The molecule has 1 unspecified atom stereocenters. The van der Waals surface area contributed by atoms with Gasteiger partial charge in [-0.25, -0.2) is 4.79 Å². The van der Waals surface area contributed by atoms with E-state index < -0.39 is 23.2 Å². The van der Waals surface area contributed by atoms with E-state index in [9.17, 15) is 19.2 Å². The van der Waals surface area contributed by atoms with Gasteiger partial charge in [-0.1, -0.05) is 24.3 Å². The molecule has 0 saturated heterocycles. The molecule has 1 heterocycles. The van der Waals surface area contributed by atoms with Gasteiger partial charge in [0.2, 0.25) is 11.7 Å². The highest BCUT2D eigenvalue weighted by Crippen LogP contribution is 2.46. The summed E-state index contributed by atoms with van der Waals surface area (Å²) in [6, 6.07) is 6.41. The fourth-order valence-electron chi connectivity index (χ4n) is 2.98. The van der Waals surface area contributed by atoms with Crippen LogP contribution in [0.3, 0.4) is 0 Å². The second-order valence-corrected chi connectivity index (χ2v) is 6.56. The van der Waals surface area contributed by atoms with E-state index in [-0.39, 0.29) is 40.7 Å². The lowest BCUT2D eigenvalue weighted by atomic mass is 9.79. The molecule has 3 rings (SSSR count). The molecule has 1 amide bonds. The van der Waals surface area contributed by atoms with Crippen molar-refractivity contribution in [2.75, 3.05) is 18.9 Å². The largest absolute Gasteiger partial charge is 0.464 e. The number of amides is 1. The Kier molecular flexibility index (Phi) is 4.49. The molecule has 1 atom stereocenters. The second-order valence-electron chi connectivity index (χ2n) is 5.57. The fraction of sp³-hybridized carbons (Fsp3) is 0.294. The minimum Gasteiger partial charge on any atom is -0.464 e. The zero-order chi connectivity index (χ0) is 18.2. The van der Waals surface area contributed by atoms with Gasteiger partial charge in [0.15, 0.2) is 11.3 Å². The summed E-state index contributed by atoms with van der Waals surface area (Å²) in [5.41, 5.74) is 4.13. The first kappa shape index (κ1) is 17.4. The summed E-state index contributed by atoms with van der Waals surface area (Å²) in [6.45, 7) is 1.34. The van der Waals surface area contributed by atoms with Crippen LogP contribution < -0.4 is 11.1 Å². The molecule has 1 aromatic carbocycles. The van der Waals surface area contributed by atoms with Crippen molar-refractivity contribution in [1.82, 2.24) is 5.32 Å². The molecule has 1 aliphatic heterocycles. The molecule has 25 heavy (non-hydrogen) atoms. The molecule has 3 N–H and O–H groups in total. The molecule has 2 aliphatic rings. The molecule has 0 spiro atoms. The fourth-order valence-corrected chi connectivity index (χ4v) is 4.33. The van der Waals surface area contributed by atoms with Crippen LogP contribution in [0.2, 0.25) is 0 Å². The van der Waals surface area contributed by atoms with Crippen molar-refractivity contribution in [2.24, 2.45) is 5.73 Å². The lowest BCUT2D eigenvalue weighted by Gasteiger charge is -2.31. The zero-order valence-electron chi connectivity index (χ0n) is 13.5. The van der Waals surface area contributed by atoms with Gasteiger partial charge in [0.05, 0.1) is 23.6 Å². The van der Waals surface area contributed by atoms with Crippen LogP contribution in [0.15, 0.2) is 34.7 Å². The molecule has 1 aliphatic carbocycles. The van der Waals surface area contributed by atoms with Gasteiger partial charge in [-0.05, 0) is 6.92 Å². The molecule has 1 aromatic rings. The minimum absolute atomic E-state index is 0.00765. The van der Waals surface area contributed by atoms with Crippen molar-refractivity contribution in [3.05, 3.63) is 45.9 Å². The maximum Gasteiger partial charge on any atom is 0.337 e. The maximum atomic E-state index is 13.0. The van der Waals surface area contributed by atoms with Gasteiger partial charge in [-0.2, -0.15) is 0 Å². The minimum atomic E-state index is -1.70. The third kappa shape index (κ3) is 2.58. The molecular formula is C17H16N2O5S. The van der Waals surface area contributed by atoms with Crippen LogP contribution in [0, 0.1) is 0 Å². The van der Waals surface area contributed by atoms with E-state index in [1.54, 1.807) is 25.1 Å². The Hall–Kier alpha value is -2.45. The number of esters is 1. The third-order valence-corrected chi connectivity index (χ3v) is 5.35. The Labute approximate surface area is 148 Å². The van der Waals surface area contributed by atoms with Crippen molar-refractivity contribution in [2.45, 2.75) is 12.5 Å². The number of allylic oxidation sites excluding steroid dienone is 1. The van der Waals surface area contributed by atoms with Gasteiger partial charge in [0, 0.05) is 16.9 Å². The molecule has 130 valence electrons. The summed E-state index contributed by atoms with van der Waals surface area (Å²) < 4.78 is 5.09. The Morgan fingerprint density at radius 3 is 2.48 bits per heavy atom. The lowest BCUT2D eigenvalue weighted by Crippen LogP contribution is -2.60. The van der Waals surface area contributed by atoms with E-state index in [2.05, 4.69) is 5.32 Å². The molecule has 0 radical (unpaired) electrons. The number of carbonyl (C=O) groups is 4. The number of hydrogen-bond acceptors (Lipinski definition) is 7. The number of ketones is 2. The second kappa shape index (κ2) is 6.45. The highest BCUT2D eigenvalue weighted by molar-refractivity contribution is 8.04. The number of fused-ring (bicyclic) bond motifs is 1. The van der Waals surface area contributed by atoms with Gasteiger partial charge < -0.3 is 15.8 Å². The number of carbonyl (C=O) groups excluding carboxylic acids is 4. The number of nitrogens with two attached hydrogens (primary N) is 1. The molecule has 7 nitrogen and oxygen atoms in total. The standard InChI is InChI=1S/C17H16N2O5S/c1-2-24-16(23)17(19-11(20)7-18)8-25-15-12(17)13(21)9-5-3-4-6-10(9)14(15)22/h3-6H,2,7-8,18H2,1H3,(H,19,20). The van der Waals surface area contributed by atoms with Crippen LogP contribution in [0.1, 0.15) is 27.6 Å². The number of Topliss-reactive ketones (excluding diaryl/α,β-unsaturated/α-hetero) is 2. The van der Waals surface area contributed by atoms with Crippen LogP contribution in [0.4, 0.5) is 0 Å². The summed E-state index contributed by atoms with van der Waals surface area (Å²) in [7, 11) is 0. The van der Waals surface area contributed by atoms with E-state index >= 15 is 0 Å². The number of benzene rings is 1. The third-order valence-electron chi connectivity index (χ3n) is 4.10. The normalized spacial score (nSPS) is 21.7. The summed E-state index contributed by atoms with van der Waals surface area (Å²) in [5, 5.41) is 2.52. The smallest absolute Gasteiger partial charge is 0.337 e. The number of nitrogens with one attached hydrogen (secondary N) is 1. The topological polar surface area (TPSA) is 116 Å². The average molecular weight is 360 g/mol. The van der Waals surface area contributed by atoms with Gasteiger partial charge in [-0.15, -0.1) is 11.8 Å². The predicted octanol–water partition coefficient (Wildman–Crippen LogP) is 0.443. The van der Waals surface area contributed by atoms with Gasteiger partial charge >= 0.3 is 5.97 Å². The first-order valence-corrected chi connectivity index (χ1v) is 8.69. The lowest BCUT2D eigenvalue weighted by molar-refractivity contribution is -0.150. The van der Waals surface area contributed by atoms with Crippen molar-refractivity contribution in [1.29, 1.82) is 0 Å². The van der Waals surface area contributed by atoms with E-state index in [0.717, 1.165) is 11.8 Å². The first-order valence-electron chi connectivity index (χ1n) is 7.70. The van der Waals surface area contributed by atoms with E-state index in [1.165, 1.54) is 6.07 Å². The quantitative estimate of drug-likeness (QED) is 0.749. The van der Waals surface area contributed by atoms with Crippen molar-refractivity contribution < 1.29 is 23.9 Å². The Morgan fingerprint density at radius 2 is 1.88 bits per heavy atom. The van der Waals surface area contributed by atoms with Gasteiger partial charge in [0.25, 0.3) is 0 Å². The highest BCUT2D eigenvalue weighted by Gasteiger charge is 2.56. The van der Waals surface area contributed by atoms with Crippen LogP contribution >= 0.6 is 11.8 Å². The first-order chi connectivity index (χ1) is 12.0. The Balaban J connectivity index is 2.17. The molecule has 0 aromatic heterocycles. The maximum absolute atomic E-state index is 13.0. The van der Waals surface area contributed by atoms with Crippen molar-refractivity contribution >= 4 is 35.2 Å². The molecule has 0 fully saturated rings. The molecule has 0 bridgehead atoms. The summed E-state index contributed by atoms with van der Waals surface area (Å²) in [5.74, 6) is -2.16. The molecule has 8 heteroatoms. The summed E-state index contributed by atoms with van der Waals surface area (Å²) >= 11 is 1.07. The van der Waals surface area contributed by atoms with E-state index in [0.29, 0.717) is 5.56 Å². The van der Waals surface area contributed by atoms with Crippen molar-refractivity contribution in [3.8, 4) is 0 Å². The Morgan fingerprint density at radius 1 is 1.24 bits per heavy atom. The summed E-state index contributed by atoms with van der Waals surface area (Å²) in [4.78, 5) is 50.5. The highest BCUT2D eigenvalue weighted by atomic mass is 32.2. The Bertz CT molecular complexity index is 832. The number of ether oxygens (including phenoxy) is 1. The van der Waals surface area contributed by atoms with Crippen molar-refractivity contribution in [3.63, 3.8) is 0 Å². The SMILES string of the molecule is CCOC(=O)C1(NC(=O)CN)CSC2=C1C(=O)c1ccccc1C2=O. The van der Waals surface area contributed by atoms with Gasteiger partial charge in [0.1, 0.15) is 0 Å². The molecular weight excluding hydrogens is 344 g/mol. The monoisotopic (exact) mass is 360 g/mol. The predicted molar refractivity (Wildman–Crippen MR) is 91.1 cm³/mol. The number of rotatable bonds is 4. The number of thioether (sulfide) groups is 1. The summed E-state index contributed by atoms with van der Waals surface area (Å²) in [6.07, 6.45) is 0. The van der Waals surface area contributed by atoms with E-state index in [1.807, 2.05) is 0 Å². The molecule has 0 saturated carbocycles. The van der Waals surface area contributed by atoms with Crippen LogP contribution in [-0.4, -0.2) is 47.9 Å². The van der Waals surface area contributed by atoms with Crippen LogP contribution in [0.5, 0.6) is 0 Å².